The second kappa shape index (κ2) is 8.60. The van der Waals surface area contributed by atoms with Gasteiger partial charge in [-0.1, -0.05) is 12.1 Å². The quantitative estimate of drug-likeness (QED) is 0.417. The van der Waals surface area contributed by atoms with E-state index in [0.717, 1.165) is 71.2 Å². The van der Waals surface area contributed by atoms with Gasteiger partial charge in [-0.3, -0.25) is 9.67 Å². The van der Waals surface area contributed by atoms with E-state index in [2.05, 4.69) is 15.0 Å². The van der Waals surface area contributed by atoms with Crippen molar-refractivity contribution in [3.63, 3.8) is 0 Å². The van der Waals surface area contributed by atoms with Gasteiger partial charge in [-0.05, 0) is 61.7 Å². The Labute approximate surface area is 201 Å². The molecule has 6 rings (SSSR count). The maximum atomic E-state index is 14.7. The molecule has 1 aliphatic heterocycles. The third-order valence-corrected chi connectivity index (χ3v) is 6.98. The Morgan fingerprint density at radius 2 is 1.89 bits per heavy atom. The molecule has 0 spiro atoms. The van der Waals surface area contributed by atoms with Crippen LogP contribution >= 0.6 is 0 Å². The van der Waals surface area contributed by atoms with Crippen molar-refractivity contribution in [3.8, 4) is 28.5 Å². The molecule has 174 valence electrons. The summed E-state index contributed by atoms with van der Waals surface area (Å²) in [6.45, 7) is 2.95. The van der Waals surface area contributed by atoms with Gasteiger partial charge in [0.15, 0.2) is 0 Å². The highest BCUT2D eigenvalue weighted by Gasteiger charge is 2.21. The van der Waals surface area contributed by atoms with Gasteiger partial charge in [-0.15, -0.1) is 0 Å². The number of rotatable bonds is 4. The molecule has 0 radical (unpaired) electrons. The van der Waals surface area contributed by atoms with Crippen LogP contribution in [0.5, 0.6) is 0 Å². The zero-order valence-electron chi connectivity index (χ0n) is 19.4. The van der Waals surface area contributed by atoms with Gasteiger partial charge in [0.1, 0.15) is 17.4 Å². The molecule has 8 heteroatoms. The van der Waals surface area contributed by atoms with Gasteiger partial charge in [0.25, 0.3) is 0 Å². The van der Waals surface area contributed by atoms with Gasteiger partial charge in [0.05, 0.1) is 41.0 Å². The molecule has 0 amide bonds. The smallest absolute Gasteiger partial charge is 0.141 e. The largest absolute Gasteiger partial charge is 0.329 e. The predicted molar refractivity (Wildman–Crippen MR) is 133 cm³/mol. The lowest BCUT2D eigenvalue weighted by Crippen LogP contribution is -2.29. The van der Waals surface area contributed by atoms with E-state index < -0.39 is 5.82 Å². The van der Waals surface area contributed by atoms with Gasteiger partial charge in [-0.2, -0.15) is 10.4 Å². The Balaban J connectivity index is 1.54. The third kappa shape index (κ3) is 3.74. The first-order valence-corrected chi connectivity index (χ1v) is 11.8. The van der Waals surface area contributed by atoms with Gasteiger partial charge < -0.3 is 9.88 Å². The van der Waals surface area contributed by atoms with Gasteiger partial charge in [0, 0.05) is 30.1 Å². The molecule has 0 saturated carbocycles. The van der Waals surface area contributed by atoms with Crippen LogP contribution < -0.4 is 5.32 Å². The molecule has 3 aromatic heterocycles. The molecule has 1 saturated heterocycles. The van der Waals surface area contributed by atoms with E-state index >= 15 is 0 Å². The molecular weight excluding hydrogens is 441 g/mol. The number of nitriles is 1. The number of aromatic nitrogens is 5. The summed E-state index contributed by atoms with van der Waals surface area (Å²) in [4.78, 5) is 9.67. The number of piperidine rings is 1. The fourth-order valence-corrected chi connectivity index (χ4v) is 5.07. The zero-order chi connectivity index (χ0) is 23.9. The molecule has 4 heterocycles. The molecule has 1 fully saturated rings. The highest BCUT2D eigenvalue weighted by atomic mass is 19.1. The number of hydrogen-bond acceptors (Lipinski definition) is 5. The Morgan fingerprint density at radius 3 is 2.69 bits per heavy atom. The number of halogens is 1. The molecule has 2 aromatic carbocycles. The molecule has 35 heavy (non-hydrogen) atoms. The lowest BCUT2D eigenvalue weighted by Gasteiger charge is -2.23. The molecule has 0 bridgehead atoms. The Morgan fingerprint density at radius 1 is 1.06 bits per heavy atom. The van der Waals surface area contributed by atoms with E-state index in [9.17, 15) is 9.65 Å². The van der Waals surface area contributed by atoms with Gasteiger partial charge in [0.2, 0.25) is 0 Å². The number of aryl methyl sites for hydroxylation is 1. The van der Waals surface area contributed by atoms with Crippen LogP contribution in [0.2, 0.25) is 0 Å². The van der Waals surface area contributed by atoms with Crippen molar-refractivity contribution in [1.29, 1.82) is 5.26 Å². The Bertz CT molecular complexity index is 1600. The summed E-state index contributed by atoms with van der Waals surface area (Å²) in [5.41, 5.74) is 5.77. The molecule has 0 aliphatic carbocycles. The van der Waals surface area contributed by atoms with E-state index in [-0.39, 0.29) is 5.56 Å². The predicted octanol–water partition coefficient (Wildman–Crippen LogP) is 4.66. The van der Waals surface area contributed by atoms with E-state index in [1.165, 1.54) is 12.1 Å². The zero-order valence-corrected chi connectivity index (χ0v) is 19.4. The van der Waals surface area contributed by atoms with Crippen LogP contribution in [0.1, 0.15) is 18.4 Å². The summed E-state index contributed by atoms with van der Waals surface area (Å²) in [5, 5.41) is 18.0. The first-order valence-electron chi connectivity index (χ1n) is 11.8. The van der Waals surface area contributed by atoms with Crippen LogP contribution in [0.15, 0.2) is 55.1 Å². The van der Waals surface area contributed by atoms with Crippen LogP contribution in [0.4, 0.5) is 4.39 Å². The highest BCUT2D eigenvalue weighted by molar-refractivity contribution is 6.00. The van der Waals surface area contributed by atoms with Crippen LogP contribution in [-0.2, 0) is 13.6 Å². The SMILES string of the molecule is Cn1ncc2cc(-c3ncc4c(ncn4CC4CCNCC4)c3-c3ccc(C#N)c(F)c3)ccc21. The third-order valence-electron chi connectivity index (χ3n) is 6.98. The van der Waals surface area contributed by atoms with Gasteiger partial charge >= 0.3 is 0 Å². The number of nitrogens with one attached hydrogen (secondary N) is 1. The minimum atomic E-state index is -0.551. The second-order valence-corrected chi connectivity index (χ2v) is 9.15. The number of imidazole rings is 1. The van der Waals surface area contributed by atoms with Crippen molar-refractivity contribution in [2.75, 3.05) is 13.1 Å². The topological polar surface area (TPSA) is 84.3 Å². The van der Waals surface area contributed by atoms with Crippen LogP contribution in [0.3, 0.4) is 0 Å². The van der Waals surface area contributed by atoms with E-state index in [1.807, 2.05) is 54.7 Å². The average Bonchev–Trinajstić information content (AvgIpc) is 3.47. The lowest BCUT2D eigenvalue weighted by molar-refractivity contribution is 0.336. The van der Waals surface area contributed by atoms with Crippen LogP contribution in [0, 0.1) is 23.1 Å². The summed E-state index contributed by atoms with van der Waals surface area (Å²) in [6.07, 6.45) is 7.82. The molecule has 0 unspecified atom stereocenters. The molecule has 1 aliphatic rings. The van der Waals surface area contributed by atoms with Gasteiger partial charge in [-0.25, -0.2) is 9.37 Å². The monoisotopic (exact) mass is 465 g/mol. The van der Waals surface area contributed by atoms with Crippen molar-refractivity contribution < 1.29 is 4.39 Å². The molecule has 7 nitrogen and oxygen atoms in total. The first kappa shape index (κ1) is 21.4. The van der Waals surface area contributed by atoms with Crippen molar-refractivity contribution >= 4 is 21.9 Å². The number of benzene rings is 2. The molecule has 5 aromatic rings. The second-order valence-electron chi connectivity index (χ2n) is 9.15. The summed E-state index contributed by atoms with van der Waals surface area (Å²) in [7, 11) is 1.91. The van der Waals surface area contributed by atoms with Crippen LogP contribution in [-0.4, -0.2) is 37.4 Å². The minimum absolute atomic E-state index is 0.0173. The summed E-state index contributed by atoms with van der Waals surface area (Å²) in [6, 6.07) is 12.7. The number of hydrogen-bond donors (Lipinski definition) is 1. The lowest BCUT2D eigenvalue weighted by atomic mass is 9.96. The summed E-state index contributed by atoms with van der Waals surface area (Å²) < 4.78 is 18.7. The molecule has 1 N–H and O–H groups in total. The first-order chi connectivity index (χ1) is 17.1. The standard InChI is InChI=1S/C27H24FN7/c1-34-23-5-4-19(10-21(23)13-33-34)26-25(18-2-3-20(12-29)22(28)11-18)27-24(14-31-26)35(16-32-27)15-17-6-8-30-9-7-17/h2-5,10-11,13-14,16-17,30H,6-9,15H2,1H3. The number of nitrogens with zero attached hydrogens (tertiary/aromatic N) is 6. The summed E-state index contributed by atoms with van der Waals surface area (Å²) in [5.74, 6) is 0.0296. The van der Waals surface area contributed by atoms with E-state index in [0.29, 0.717) is 11.5 Å². The normalized spacial score (nSPS) is 14.5. The molecule has 0 atom stereocenters. The average molecular weight is 466 g/mol. The van der Waals surface area contributed by atoms with Crippen LogP contribution in [0.25, 0.3) is 44.3 Å². The Kier molecular flexibility index (Phi) is 5.27. The molecular formula is C27H24FN7. The van der Waals surface area contributed by atoms with E-state index in [1.54, 1.807) is 6.07 Å². The van der Waals surface area contributed by atoms with Crippen molar-refractivity contribution in [3.05, 3.63) is 66.5 Å². The Hall–Kier alpha value is -4.09. The maximum absolute atomic E-state index is 14.7. The van der Waals surface area contributed by atoms with E-state index in [4.69, 9.17) is 9.97 Å². The van der Waals surface area contributed by atoms with Crippen molar-refractivity contribution in [2.45, 2.75) is 19.4 Å². The minimum Gasteiger partial charge on any atom is -0.329 e. The fraction of sp³-hybridized carbons (Fsp3) is 0.259. The number of fused-ring (bicyclic) bond motifs is 2. The number of pyridine rings is 1. The highest BCUT2D eigenvalue weighted by Crippen LogP contribution is 2.37. The summed E-state index contributed by atoms with van der Waals surface area (Å²) >= 11 is 0. The van der Waals surface area contributed by atoms with Crippen molar-refractivity contribution in [1.82, 2.24) is 29.6 Å². The fourth-order valence-electron chi connectivity index (χ4n) is 5.07. The maximum Gasteiger partial charge on any atom is 0.141 e. The van der Waals surface area contributed by atoms with Crippen molar-refractivity contribution in [2.24, 2.45) is 13.0 Å².